The van der Waals surface area contributed by atoms with Crippen LogP contribution in [0.2, 0.25) is 0 Å². The summed E-state index contributed by atoms with van der Waals surface area (Å²) in [5, 5.41) is 10.3. The number of nitrogens with one attached hydrogen (secondary N) is 2. The summed E-state index contributed by atoms with van der Waals surface area (Å²) in [7, 11) is 0. The van der Waals surface area contributed by atoms with Crippen LogP contribution in [-0.4, -0.2) is 34.7 Å². The van der Waals surface area contributed by atoms with Gasteiger partial charge in [-0.25, -0.2) is 0 Å². The molecule has 20 heavy (non-hydrogen) atoms. The van der Waals surface area contributed by atoms with Gasteiger partial charge < -0.3 is 15.2 Å². The molecule has 2 heterocycles. The van der Waals surface area contributed by atoms with E-state index in [4.69, 9.17) is 4.52 Å². The number of aryl methyl sites for hydroxylation is 1. The van der Waals surface area contributed by atoms with E-state index >= 15 is 0 Å². The van der Waals surface area contributed by atoms with Crippen molar-refractivity contribution in [2.75, 3.05) is 6.54 Å². The van der Waals surface area contributed by atoms with E-state index in [1.807, 2.05) is 13.8 Å². The van der Waals surface area contributed by atoms with E-state index in [0.717, 1.165) is 19.4 Å². The van der Waals surface area contributed by atoms with Gasteiger partial charge in [0.2, 0.25) is 11.8 Å². The van der Waals surface area contributed by atoms with E-state index in [2.05, 4.69) is 27.7 Å². The lowest BCUT2D eigenvalue weighted by atomic mass is 10.00. The zero-order valence-electron chi connectivity index (χ0n) is 12.5. The van der Waals surface area contributed by atoms with Crippen LogP contribution in [0.1, 0.15) is 57.7 Å². The summed E-state index contributed by atoms with van der Waals surface area (Å²) in [5.74, 6) is 1.54. The molecule has 2 N–H and O–H groups in total. The molecule has 112 valence electrons. The predicted octanol–water partition coefficient (Wildman–Crippen LogP) is 1.38. The first-order chi connectivity index (χ1) is 9.56. The zero-order chi connectivity index (χ0) is 14.5. The van der Waals surface area contributed by atoms with Gasteiger partial charge in [0.25, 0.3) is 0 Å². The number of carbonyl (C=O) groups excluding carboxylic acids is 1. The van der Waals surface area contributed by atoms with E-state index in [-0.39, 0.29) is 17.9 Å². The van der Waals surface area contributed by atoms with Crippen molar-refractivity contribution in [2.45, 2.75) is 64.5 Å². The topological polar surface area (TPSA) is 80.0 Å². The van der Waals surface area contributed by atoms with Crippen LogP contribution >= 0.6 is 0 Å². The first kappa shape index (κ1) is 15.0. The maximum atomic E-state index is 11.9. The summed E-state index contributed by atoms with van der Waals surface area (Å²) < 4.78 is 5.13. The summed E-state index contributed by atoms with van der Waals surface area (Å²) >= 11 is 0. The summed E-state index contributed by atoms with van der Waals surface area (Å²) in [5.41, 5.74) is 0. The second-order valence-corrected chi connectivity index (χ2v) is 5.76. The van der Waals surface area contributed by atoms with Gasteiger partial charge in [-0.05, 0) is 26.3 Å². The van der Waals surface area contributed by atoms with Crippen molar-refractivity contribution in [3.63, 3.8) is 0 Å². The normalized spacial score (nSPS) is 23.0. The predicted molar refractivity (Wildman–Crippen MR) is 75.3 cm³/mol. The number of carbonyl (C=O) groups is 1. The smallest absolute Gasteiger partial charge is 0.227 e. The maximum absolute atomic E-state index is 11.9. The van der Waals surface area contributed by atoms with Crippen LogP contribution in [0.5, 0.6) is 0 Å². The van der Waals surface area contributed by atoms with E-state index in [0.29, 0.717) is 30.6 Å². The highest BCUT2D eigenvalue weighted by atomic mass is 16.5. The molecule has 2 atom stereocenters. The summed E-state index contributed by atoms with van der Waals surface area (Å²) in [4.78, 5) is 16.2. The van der Waals surface area contributed by atoms with Crippen LogP contribution < -0.4 is 10.6 Å². The quantitative estimate of drug-likeness (QED) is 0.852. The molecule has 1 amide bonds. The van der Waals surface area contributed by atoms with E-state index < -0.39 is 0 Å². The highest BCUT2D eigenvalue weighted by molar-refractivity contribution is 5.76. The van der Waals surface area contributed by atoms with Gasteiger partial charge in [0, 0.05) is 30.8 Å². The van der Waals surface area contributed by atoms with E-state index in [9.17, 15) is 4.79 Å². The Balaban J connectivity index is 1.76. The van der Waals surface area contributed by atoms with Crippen LogP contribution in [0.4, 0.5) is 0 Å². The molecule has 0 spiro atoms. The Morgan fingerprint density at radius 2 is 2.35 bits per heavy atom. The van der Waals surface area contributed by atoms with Gasteiger partial charge in [-0.3, -0.25) is 4.79 Å². The summed E-state index contributed by atoms with van der Waals surface area (Å²) in [6.45, 7) is 7.17. The number of amides is 1. The summed E-state index contributed by atoms with van der Waals surface area (Å²) in [6, 6.07) is 0.564. The lowest BCUT2D eigenvalue weighted by molar-refractivity contribution is -0.122. The first-order valence-electron chi connectivity index (χ1n) is 7.41. The maximum Gasteiger partial charge on any atom is 0.227 e. The molecule has 2 rings (SSSR count). The van der Waals surface area contributed by atoms with Gasteiger partial charge in [0.05, 0.1) is 0 Å². The monoisotopic (exact) mass is 280 g/mol. The van der Waals surface area contributed by atoms with Crippen LogP contribution in [0.3, 0.4) is 0 Å². The van der Waals surface area contributed by atoms with Gasteiger partial charge in [-0.1, -0.05) is 19.0 Å². The Morgan fingerprint density at radius 3 is 3.00 bits per heavy atom. The van der Waals surface area contributed by atoms with Crippen molar-refractivity contribution in [2.24, 2.45) is 0 Å². The third kappa shape index (κ3) is 4.03. The molecule has 1 aromatic rings. The lowest BCUT2D eigenvalue weighted by Crippen LogP contribution is -2.51. The molecule has 0 saturated carbocycles. The molecule has 1 aliphatic rings. The third-order valence-electron chi connectivity index (χ3n) is 3.67. The molecule has 0 bridgehead atoms. The van der Waals surface area contributed by atoms with Crippen molar-refractivity contribution >= 4 is 5.91 Å². The average Bonchev–Trinajstić information content (AvgIpc) is 2.88. The van der Waals surface area contributed by atoms with Crippen LogP contribution in [0.25, 0.3) is 0 Å². The molecule has 1 aliphatic heterocycles. The minimum atomic E-state index is 0.0508. The SMILES string of the molecule is CC(C)c1noc(CCC(=O)NC2CCCNC2C)n1. The van der Waals surface area contributed by atoms with Crippen LogP contribution in [0, 0.1) is 0 Å². The minimum absolute atomic E-state index is 0.0508. The first-order valence-corrected chi connectivity index (χ1v) is 7.41. The molecule has 0 aromatic carbocycles. The van der Waals surface area contributed by atoms with E-state index in [1.165, 1.54) is 0 Å². The molecule has 6 heteroatoms. The molecule has 6 nitrogen and oxygen atoms in total. The lowest BCUT2D eigenvalue weighted by Gasteiger charge is -2.30. The fourth-order valence-corrected chi connectivity index (χ4v) is 2.34. The van der Waals surface area contributed by atoms with Gasteiger partial charge in [0.1, 0.15) is 0 Å². The van der Waals surface area contributed by atoms with Crippen molar-refractivity contribution < 1.29 is 9.32 Å². The number of piperidine rings is 1. The molecule has 1 aromatic heterocycles. The van der Waals surface area contributed by atoms with Crippen molar-refractivity contribution in [3.05, 3.63) is 11.7 Å². The van der Waals surface area contributed by atoms with Crippen LogP contribution in [0.15, 0.2) is 4.52 Å². The Labute approximate surface area is 119 Å². The molecular formula is C14H24N4O2. The number of aromatic nitrogens is 2. The second-order valence-electron chi connectivity index (χ2n) is 5.76. The molecule has 1 saturated heterocycles. The zero-order valence-corrected chi connectivity index (χ0v) is 12.5. The largest absolute Gasteiger partial charge is 0.352 e. The molecule has 0 radical (unpaired) electrons. The number of rotatable bonds is 5. The standard InChI is InChI=1S/C14H24N4O2/c1-9(2)14-17-13(20-18-14)7-6-12(19)16-11-5-4-8-15-10(11)3/h9-11,15H,4-8H2,1-3H3,(H,16,19). The van der Waals surface area contributed by atoms with Gasteiger partial charge in [-0.15, -0.1) is 0 Å². The molecular weight excluding hydrogens is 256 g/mol. The number of nitrogens with zero attached hydrogens (tertiary/aromatic N) is 2. The highest BCUT2D eigenvalue weighted by Crippen LogP contribution is 2.11. The van der Waals surface area contributed by atoms with E-state index in [1.54, 1.807) is 0 Å². The fourth-order valence-electron chi connectivity index (χ4n) is 2.34. The Hall–Kier alpha value is -1.43. The van der Waals surface area contributed by atoms with Crippen LogP contribution in [-0.2, 0) is 11.2 Å². The third-order valence-corrected chi connectivity index (χ3v) is 3.67. The Morgan fingerprint density at radius 1 is 1.55 bits per heavy atom. The van der Waals surface area contributed by atoms with Crippen molar-refractivity contribution in [1.82, 2.24) is 20.8 Å². The highest BCUT2D eigenvalue weighted by Gasteiger charge is 2.22. The molecule has 0 aliphatic carbocycles. The molecule has 2 unspecified atom stereocenters. The van der Waals surface area contributed by atoms with Gasteiger partial charge >= 0.3 is 0 Å². The van der Waals surface area contributed by atoms with Gasteiger partial charge in [-0.2, -0.15) is 4.98 Å². The minimum Gasteiger partial charge on any atom is -0.352 e. The Bertz CT molecular complexity index is 444. The van der Waals surface area contributed by atoms with Crippen molar-refractivity contribution in [3.8, 4) is 0 Å². The molecule has 1 fully saturated rings. The van der Waals surface area contributed by atoms with Crippen molar-refractivity contribution in [1.29, 1.82) is 0 Å². The fraction of sp³-hybridized carbons (Fsp3) is 0.786. The van der Waals surface area contributed by atoms with Gasteiger partial charge in [0.15, 0.2) is 5.82 Å². The average molecular weight is 280 g/mol. The number of hydrogen-bond acceptors (Lipinski definition) is 5. The Kier molecular flexibility index (Phi) is 5.11. The summed E-state index contributed by atoms with van der Waals surface area (Å²) in [6.07, 6.45) is 3.04. The second kappa shape index (κ2) is 6.83. The number of hydrogen-bond donors (Lipinski definition) is 2.